The molecule has 1 aliphatic heterocycles. The van der Waals surface area contributed by atoms with Crippen molar-refractivity contribution in [1.82, 2.24) is 9.55 Å². The lowest BCUT2D eigenvalue weighted by Crippen LogP contribution is -2.26. The number of pyridine rings is 1. The molecular weight excluding hydrogens is 1240 g/mol. The van der Waals surface area contributed by atoms with Crippen molar-refractivity contribution in [3.8, 4) is 95.2 Å². The molecular formula is C97H80N4O. The monoisotopic (exact) mass is 1320 g/mol. The first-order valence-electron chi connectivity index (χ1n) is 35.9. The minimum atomic E-state index is -0.578. The van der Waals surface area contributed by atoms with Crippen LogP contribution in [0.15, 0.2) is 310 Å². The first-order valence-corrected chi connectivity index (χ1v) is 35.9. The van der Waals surface area contributed by atoms with Crippen molar-refractivity contribution in [3.05, 3.63) is 348 Å². The average molecular weight is 1320 g/mol. The van der Waals surface area contributed by atoms with Gasteiger partial charge in [0.2, 0.25) is 0 Å². The molecule has 0 unspecified atom stereocenters. The van der Waals surface area contributed by atoms with Crippen molar-refractivity contribution in [2.24, 2.45) is 0 Å². The second-order valence-corrected chi connectivity index (χ2v) is 31.1. The van der Waals surface area contributed by atoms with Crippen LogP contribution in [0.2, 0.25) is 0 Å². The summed E-state index contributed by atoms with van der Waals surface area (Å²) >= 11 is 0. The van der Waals surface area contributed by atoms with Gasteiger partial charge in [-0.3, -0.25) is 4.57 Å². The summed E-state index contributed by atoms with van der Waals surface area (Å²) in [6.45, 7) is 21.3. The van der Waals surface area contributed by atoms with Gasteiger partial charge in [0.1, 0.15) is 24.0 Å². The van der Waals surface area contributed by atoms with Gasteiger partial charge in [-0.2, -0.15) is 0 Å². The molecule has 0 atom stereocenters. The SMILES string of the molecule is CC(C)(C)c1ccc(-c2cnc(-n3c4cc(Oc5cccc(N6CN(c7c(-c8ccc(-c9ccccc9)cc8)cccc7-c7cc(-c8ccccc8)cc(C(C)(C)C)c7)c7ccccc76)c5)ccc4c4c5c(ccc43)-c3ccccc3C53c4ccccc4-c4ccccc43)cc2C(C)(C)C)cc1. The molecule has 0 saturated carbocycles. The average Bonchev–Trinajstić information content (AvgIpc) is 1.49. The molecule has 0 N–H and O–H groups in total. The fraction of sp³-hybridized carbons (Fsp3) is 0.144. The van der Waals surface area contributed by atoms with Gasteiger partial charge in [-0.25, -0.2) is 4.98 Å². The van der Waals surface area contributed by atoms with Gasteiger partial charge in [-0.1, -0.05) is 299 Å². The lowest BCUT2D eigenvalue weighted by atomic mass is 9.69. The Kier molecular flexibility index (Phi) is 14.5. The van der Waals surface area contributed by atoms with Gasteiger partial charge in [-0.05, 0) is 171 Å². The quantitative estimate of drug-likeness (QED) is 0.137. The first-order chi connectivity index (χ1) is 49.5. The lowest BCUT2D eigenvalue weighted by Gasteiger charge is -2.31. The number of benzene rings is 13. The Hall–Kier alpha value is -11.8. The molecule has 2 aromatic heterocycles. The van der Waals surface area contributed by atoms with Crippen molar-refractivity contribution in [1.29, 1.82) is 0 Å². The van der Waals surface area contributed by atoms with Crippen LogP contribution in [-0.2, 0) is 21.7 Å². The van der Waals surface area contributed by atoms with Gasteiger partial charge in [0.25, 0.3) is 0 Å². The van der Waals surface area contributed by atoms with Crippen molar-refractivity contribution >= 4 is 44.6 Å². The minimum Gasteiger partial charge on any atom is -0.457 e. The van der Waals surface area contributed by atoms with E-state index in [9.17, 15) is 0 Å². The van der Waals surface area contributed by atoms with E-state index >= 15 is 0 Å². The zero-order valence-electron chi connectivity index (χ0n) is 59.3. The number of rotatable bonds is 10. The van der Waals surface area contributed by atoms with Gasteiger partial charge in [-0.15, -0.1) is 0 Å². The molecule has 5 nitrogen and oxygen atoms in total. The molecule has 0 fully saturated rings. The highest BCUT2D eigenvalue weighted by molar-refractivity contribution is 6.16. The minimum absolute atomic E-state index is 0.0338. The molecule has 0 bridgehead atoms. The molecule has 1 spiro atoms. The summed E-state index contributed by atoms with van der Waals surface area (Å²) in [5.41, 5.74) is 31.5. The van der Waals surface area contributed by atoms with Crippen LogP contribution < -0.4 is 14.5 Å². The number of para-hydroxylation sites is 3. The highest BCUT2D eigenvalue weighted by Crippen LogP contribution is 2.65. The van der Waals surface area contributed by atoms with E-state index in [4.69, 9.17) is 9.72 Å². The summed E-state index contributed by atoms with van der Waals surface area (Å²) < 4.78 is 9.72. The zero-order chi connectivity index (χ0) is 69.4. The Labute approximate surface area is 599 Å². The van der Waals surface area contributed by atoms with Crippen LogP contribution in [0, 0.1) is 0 Å². The van der Waals surface area contributed by atoms with E-state index in [0.717, 1.165) is 78.7 Å². The second kappa shape index (κ2) is 23.7. The van der Waals surface area contributed by atoms with Crippen LogP contribution >= 0.6 is 0 Å². The van der Waals surface area contributed by atoms with Crippen LogP contribution in [0.5, 0.6) is 11.5 Å². The van der Waals surface area contributed by atoms with Gasteiger partial charge < -0.3 is 14.5 Å². The maximum atomic E-state index is 7.30. The molecule has 5 heteroatoms. The van der Waals surface area contributed by atoms with Crippen LogP contribution in [0.4, 0.5) is 22.7 Å². The summed E-state index contributed by atoms with van der Waals surface area (Å²) in [7, 11) is 0. The number of hydrogen-bond donors (Lipinski definition) is 0. The zero-order valence-corrected chi connectivity index (χ0v) is 59.3. The highest BCUT2D eigenvalue weighted by atomic mass is 16.5. The summed E-state index contributed by atoms with van der Waals surface area (Å²) in [6, 6.07) is 112. The van der Waals surface area contributed by atoms with Crippen molar-refractivity contribution in [2.45, 2.75) is 84.0 Å². The van der Waals surface area contributed by atoms with E-state index in [-0.39, 0.29) is 16.2 Å². The largest absolute Gasteiger partial charge is 0.457 e. The Bertz CT molecular complexity index is 5760. The van der Waals surface area contributed by atoms with Crippen LogP contribution in [-0.4, -0.2) is 16.2 Å². The van der Waals surface area contributed by atoms with Crippen molar-refractivity contribution < 1.29 is 4.74 Å². The van der Waals surface area contributed by atoms with E-state index in [0.29, 0.717) is 6.67 Å². The molecule has 102 heavy (non-hydrogen) atoms. The van der Waals surface area contributed by atoms with Crippen LogP contribution in [0.25, 0.3) is 106 Å². The normalized spacial score (nSPS) is 13.5. The maximum Gasteiger partial charge on any atom is 0.137 e. The third kappa shape index (κ3) is 10.1. The number of aromatic nitrogens is 2. The van der Waals surface area contributed by atoms with Gasteiger partial charge in [0.05, 0.1) is 33.5 Å². The van der Waals surface area contributed by atoms with E-state index in [2.05, 4.69) is 386 Å². The fourth-order valence-corrected chi connectivity index (χ4v) is 16.8. The smallest absolute Gasteiger partial charge is 0.137 e. The lowest BCUT2D eigenvalue weighted by molar-refractivity contribution is 0.483. The highest BCUT2D eigenvalue weighted by Gasteiger charge is 2.53. The van der Waals surface area contributed by atoms with E-state index in [1.165, 1.54) is 100.0 Å². The standard InChI is InChI=1S/C97H80N4O/c1-94(2,3)69-48-46-66(47-49-69)81-60-98-90(59-85(81)96(7,8)9)101-88-53-52-79-78-34-18-21-39-84(78)97(82-37-19-16-32-76(82)77-33-17-20-38-83(77)97)92(79)91(88)80-51-50-73(58-89(80)101)102-72-31-24-30-71(57-72)99-61-100(87-41-23-22-40-86(87)99)93-74(65-44-42-64(43-45-65)62-26-12-10-13-27-62)35-25-36-75(93)68-54-67(63-28-14-11-15-29-63)55-70(56-68)95(4,5)6/h10-60H,61H2,1-9H3. The Morgan fingerprint density at radius 3 is 1.49 bits per heavy atom. The van der Waals surface area contributed by atoms with Gasteiger partial charge >= 0.3 is 0 Å². The Balaban J connectivity index is 0.783. The summed E-state index contributed by atoms with van der Waals surface area (Å²) in [4.78, 5) is 10.5. The molecule has 3 aliphatic rings. The number of anilines is 4. The Morgan fingerprint density at radius 2 is 0.853 bits per heavy atom. The van der Waals surface area contributed by atoms with E-state index in [1.54, 1.807) is 0 Å². The summed E-state index contributed by atoms with van der Waals surface area (Å²) in [6.07, 6.45) is 2.12. The fourth-order valence-electron chi connectivity index (χ4n) is 16.8. The molecule has 0 saturated heterocycles. The number of ether oxygens (including phenoxy) is 1. The van der Waals surface area contributed by atoms with E-state index in [1.807, 2.05) is 0 Å². The molecule has 18 rings (SSSR count). The van der Waals surface area contributed by atoms with Gasteiger partial charge in [0, 0.05) is 51.5 Å². The Morgan fingerprint density at radius 1 is 0.343 bits per heavy atom. The molecule has 13 aromatic carbocycles. The van der Waals surface area contributed by atoms with Crippen LogP contribution in [0.3, 0.4) is 0 Å². The van der Waals surface area contributed by atoms with Crippen molar-refractivity contribution in [2.75, 3.05) is 16.5 Å². The van der Waals surface area contributed by atoms with E-state index < -0.39 is 5.41 Å². The number of nitrogens with zero attached hydrogens (tertiary/aromatic N) is 4. The molecule has 2 aliphatic carbocycles. The third-order valence-electron chi connectivity index (χ3n) is 21.8. The van der Waals surface area contributed by atoms with Crippen LogP contribution in [0.1, 0.15) is 101 Å². The first kappa shape index (κ1) is 62.5. The molecule has 0 amide bonds. The number of hydrogen-bond acceptors (Lipinski definition) is 4. The van der Waals surface area contributed by atoms with Crippen molar-refractivity contribution in [3.63, 3.8) is 0 Å². The topological polar surface area (TPSA) is 33.5 Å². The molecule has 494 valence electrons. The summed E-state index contributed by atoms with van der Waals surface area (Å²) in [5, 5.41) is 2.35. The third-order valence-corrected chi connectivity index (χ3v) is 21.8. The maximum absolute atomic E-state index is 7.30. The molecule has 3 heterocycles. The predicted molar refractivity (Wildman–Crippen MR) is 427 cm³/mol. The molecule has 0 radical (unpaired) electrons. The second-order valence-electron chi connectivity index (χ2n) is 31.1. The predicted octanol–water partition coefficient (Wildman–Crippen LogP) is 25.8. The van der Waals surface area contributed by atoms with Gasteiger partial charge in [0.15, 0.2) is 0 Å². The molecule has 15 aromatic rings. The summed E-state index contributed by atoms with van der Waals surface area (Å²) in [5.74, 6) is 2.33. The number of fused-ring (bicyclic) bond motifs is 15.